The molecule has 0 saturated heterocycles. The number of rotatable bonds is 2. The van der Waals surface area contributed by atoms with Crippen molar-refractivity contribution in [3.05, 3.63) is 12.2 Å². The van der Waals surface area contributed by atoms with Crippen LogP contribution in [-0.4, -0.2) is 17.7 Å². The summed E-state index contributed by atoms with van der Waals surface area (Å²) in [7, 11) is 0. The Morgan fingerprint density at radius 2 is 2.38 bits per heavy atom. The van der Waals surface area contributed by atoms with Crippen LogP contribution in [0.1, 0.15) is 6.92 Å². The first kappa shape index (κ1) is 7.17. The van der Waals surface area contributed by atoms with Crippen molar-refractivity contribution in [1.29, 1.82) is 0 Å². The molecule has 0 saturated carbocycles. The van der Waals surface area contributed by atoms with Crippen molar-refractivity contribution in [2.45, 2.75) is 6.92 Å². The third-order valence-electron chi connectivity index (χ3n) is 0.627. The monoisotopic (exact) mass is 115 g/mol. The van der Waals surface area contributed by atoms with Gasteiger partial charge in [-0.1, -0.05) is 6.58 Å². The maximum atomic E-state index is 10.4. The first-order chi connectivity index (χ1) is 3.68. The van der Waals surface area contributed by atoms with E-state index in [4.69, 9.17) is 5.11 Å². The van der Waals surface area contributed by atoms with Gasteiger partial charge in [0.1, 0.15) is 6.73 Å². The van der Waals surface area contributed by atoms with E-state index in [1.807, 2.05) is 0 Å². The van der Waals surface area contributed by atoms with Gasteiger partial charge in [0.05, 0.1) is 0 Å². The molecule has 0 aromatic rings. The lowest BCUT2D eigenvalue weighted by Gasteiger charge is -1.96. The molecular formula is C5H9NO2. The van der Waals surface area contributed by atoms with Gasteiger partial charge in [-0.05, 0) is 6.92 Å². The molecule has 0 spiro atoms. The standard InChI is InChI=1S/C5H9NO2/c1-4(2)5(8)6-3-7/h7H,1,3H2,2H3,(H,6,8). The van der Waals surface area contributed by atoms with Gasteiger partial charge < -0.3 is 10.4 Å². The summed E-state index contributed by atoms with van der Waals surface area (Å²) in [6.45, 7) is 4.60. The average Bonchev–Trinajstić information content (AvgIpc) is 1.67. The zero-order valence-corrected chi connectivity index (χ0v) is 4.77. The summed E-state index contributed by atoms with van der Waals surface area (Å²) in [6, 6.07) is 0. The van der Waals surface area contributed by atoms with Crippen LogP contribution in [0, 0.1) is 0 Å². The van der Waals surface area contributed by atoms with E-state index in [0.717, 1.165) is 0 Å². The molecule has 0 heterocycles. The van der Waals surface area contributed by atoms with Crippen LogP contribution in [0.15, 0.2) is 12.2 Å². The summed E-state index contributed by atoms with van der Waals surface area (Å²) in [5, 5.41) is 10.3. The number of hydrogen-bond donors (Lipinski definition) is 2. The first-order valence-corrected chi connectivity index (χ1v) is 2.23. The van der Waals surface area contributed by atoms with Crippen molar-refractivity contribution in [3.63, 3.8) is 0 Å². The third-order valence-corrected chi connectivity index (χ3v) is 0.627. The van der Waals surface area contributed by atoms with Crippen LogP contribution in [0.4, 0.5) is 0 Å². The number of aliphatic hydroxyl groups is 1. The molecule has 0 aromatic heterocycles. The van der Waals surface area contributed by atoms with E-state index >= 15 is 0 Å². The Balaban J connectivity index is 3.49. The zero-order chi connectivity index (χ0) is 6.57. The van der Waals surface area contributed by atoms with Crippen LogP contribution in [0.2, 0.25) is 0 Å². The van der Waals surface area contributed by atoms with Crippen LogP contribution >= 0.6 is 0 Å². The van der Waals surface area contributed by atoms with Gasteiger partial charge in [-0.3, -0.25) is 4.79 Å². The molecule has 0 aliphatic rings. The first-order valence-electron chi connectivity index (χ1n) is 2.23. The summed E-state index contributed by atoms with van der Waals surface area (Å²) in [5.41, 5.74) is 0.402. The Kier molecular flexibility index (Phi) is 2.88. The molecule has 0 atom stereocenters. The predicted molar refractivity (Wildman–Crippen MR) is 30.0 cm³/mol. The molecule has 46 valence electrons. The number of aliphatic hydroxyl groups excluding tert-OH is 1. The van der Waals surface area contributed by atoms with Crippen LogP contribution in [0.5, 0.6) is 0 Å². The number of hydrogen-bond acceptors (Lipinski definition) is 2. The van der Waals surface area contributed by atoms with E-state index in [0.29, 0.717) is 5.57 Å². The van der Waals surface area contributed by atoms with Gasteiger partial charge in [0.25, 0.3) is 0 Å². The fourth-order valence-electron chi connectivity index (χ4n) is 0.223. The van der Waals surface area contributed by atoms with Gasteiger partial charge in [0.15, 0.2) is 0 Å². The van der Waals surface area contributed by atoms with Crippen LogP contribution < -0.4 is 5.32 Å². The summed E-state index contributed by atoms with van der Waals surface area (Å²) in [4.78, 5) is 10.4. The topological polar surface area (TPSA) is 49.3 Å². The Morgan fingerprint density at radius 1 is 1.88 bits per heavy atom. The van der Waals surface area contributed by atoms with E-state index in [2.05, 4.69) is 11.9 Å². The molecule has 2 N–H and O–H groups in total. The summed E-state index contributed by atoms with van der Waals surface area (Å²) >= 11 is 0. The number of carbonyl (C=O) groups excluding carboxylic acids is 1. The van der Waals surface area contributed by atoms with E-state index in [9.17, 15) is 4.79 Å². The fourth-order valence-corrected chi connectivity index (χ4v) is 0.223. The largest absolute Gasteiger partial charge is 0.376 e. The van der Waals surface area contributed by atoms with Gasteiger partial charge in [-0.15, -0.1) is 0 Å². The molecule has 0 aromatic carbocycles. The molecule has 1 amide bonds. The van der Waals surface area contributed by atoms with Gasteiger partial charge in [-0.25, -0.2) is 0 Å². The molecule has 3 nitrogen and oxygen atoms in total. The van der Waals surface area contributed by atoms with E-state index in [1.54, 1.807) is 6.92 Å². The molecule has 0 fully saturated rings. The van der Waals surface area contributed by atoms with Crippen molar-refractivity contribution < 1.29 is 9.90 Å². The van der Waals surface area contributed by atoms with Gasteiger partial charge in [0, 0.05) is 5.57 Å². The van der Waals surface area contributed by atoms with Gasteiger partial charge in [0.2, 0.25) is 5.91 Å². The highest BCUT2D eigenvalue weighted by molar-refractivity contribution is 5.91. The van der Waals surface area contributed by atoms with Crippen molar-refractivity contribution in [3.8, 4) is 0 Å². The van der Waals surface area contributed by atoms with Crippen LogP contribution in [-0.2, 0) is 4.79 Å². The minimum atomic E-state index is -0.328. The second-order valence-corrected chi connectivity index (χ2v) is 1.44. The minimum absolute atomic E-state index is 0.312. The van der Waals surface area contributed by atoms with Crippen molar-refractivity contribution >= 4 is 5.91 Å². The molecule has 8 heavy (non-hydrogen) atoms. The predicted octanol–water partition coefficient (Wildman–Crippen LogP) is -0.372. The maximum Gasteiger partial charge on any atom is 0.248 e. The third kappa shape index (κ3) is 2.36. The van der Waals surface area contributed by atoms with Crippen molar-refractivity contribution in [1.82, 2.24) is 5.32 Å². The molecule has 0 radical (unpaired) electrons. The Bertz CT molecular complexity index is 109. The summed E-state index contributed by atoms with van der Waals surface area (Å²) in [6.07, 6.45) is 0. The van der Waals surface area contributed by atoms with Gasteiger partial charge >= 0.3 is 0 Å². The zero-order valence-electron chi connectivity index (χ0n) is 4.77. The lowest BCUT2D eigenvalue weighted by atomic mass is 10.3. The molecule has 3 heteroatoms. The molecule has 0 bridgehead atoms. The van der Waals surface area contributed by atoms with Crippen molar-refractivity contribution in [2.75, 3.05) is 6.73 Å². The second kappa shape index (κ2) is 3.21. The fraction of sp³-hybridized carbons (Fsp3) is 0.400. The maximum absolute atomic E-state index is 10.4. The number of amides is 1. The Morgan fingerprint density at radius 3 is 2.50 bits per heavy atom. The summed E-state index contributed by atoms with van der Waals surface area (Å²) < 4.78 is 0. The Hall–Kier alpha value is -0.830. The lowest BCUT2D eigenvalue weighted by Crippen LogP contribution is -2.24. The van der Waals surface area contributed by atoms with Crippen LogP contribution in [0.25, 0.3) is 0 Å². The highest BCUT2D eigenvalue weighted by Crippen LogP contribution is 1.82. The second-order valence-electron chi connectivity index (χ2n) is 1.44. The molecule has 0 unspecified atom stereocenters. The number of carbonyl (C=O) groups is 1. The molecule has 0 rings (SSSR count). The SMILES string of the molecule is C=C(C)C(=O)NCO. The van der Waals surface area contributed by atoms with E-state index in [1.165, 1.54) is 0 Å². The molecular weight excluding hydrogens is 106 g/mol. The highest BCUT2D eigenvalue weighted by Gasteiger charge is 1.95. The Labute approximate surface area is 48.0 Å². The van der Waals surface area contributed by atoms with Crippen molar-refractivity contribution in [2.24, 2.45) is 0 Å². The summed E-state index contributed by atoms with van der Waals surface area (Å²) in [5.74, 6) is -0.312. The van der Waals surface area contributed by atoms with Crippen LogP contribution in [0.3, 0.4) is 0 Å². The normalized spacial score (nSPS) is 8.25. The minimum Gasteiger partial charge on any atom is -0.376 e. The highest BCUT2D eigenvalue weighted by atomic mass is 16.3. The van der Waals surface area contributed by atoms with E-state index < -0.39 is 0 Å². The van der Waals surface area contributed by atoms with E-state index in [-0.39, 0.29) is 12.6 Å². The quantitative estimate of drug-likeness (QED) is 0.381. The smallest absolute Gasteiger partial charge is 0.248 e. The molecule has 0 aliphatic heterocycles. The lowest BCUT2D eigenvalue weighted by molar-refractivity contribution is -0.118. The molecule has 0 aliphatic carbocycles. The number of nitrogens with one attached hydrogen (secondary N) is 1. The average molecular weight is 115 g/mol. The van der Waals surface area contributed by atoms with Gasteiger partial charge in [-0.2, -0.15) is 0 Å².